The van der Waals surface area contributed by atoms with Gasteiger partial charge in [-0.05, 0) is 13.0 Å². The normalized spacial score (nSPS) is 23.0. The van der Waals surface area contributed by atoms with Crippen molar-refractivity contribution >= 4 is 0 Å². The van der Waals surface area contributed by atoms with E-state index >= 15 is 0 Å². The van der Waals surface area contributed by atoms with E-state index in [1.807, 2.05) is 11.8 Å². The fourth-order valence-corrected chi connectivity index (χ4v) is 2.12. The van der Waals surface area contributed by atoms with Crippen LogP contribution in [-0.4, -0.2) is 30.7 Å². The van der Waals surface area contributed by atoms with Gasteiger partial charge in [-0.1, -0.05) is 18.2 Å². The van der Waals surface area contributed by atoms with Crippen molar-refractivity contribution < 1.29 is 9.13 Å². The second kappa shape index (κ2) is 5.26. The zero-order chi connectivity index (χ0) is 12.3. The maximum Gasteiger partial charge on any atom is 0.129 e. The lowest BCUT2D eigenvalue weighted by Gasteiger charge is -2.34. The number of benzene rings is 1. The fourth-order valence-electron chi connectivity index (χ4n) is 2.12. The van der Waals surface area contributed by atoms with Crippen molar-refractivity contribution in [3.05, 3.63) is 35.6 Å². The Morgan fingerprint density at radius 1 is 1.53 bits per heavy atom. The Labute approximate surface area is 100 Å². The highest BCUT2D eigenvalue weighted by molar-refractivity contribution is 5.26. The van der Waals surface area contributed by atoms with Crippen molar-refractivity contribution in [3.63, 3.8) is 0 Å². The standard InChI is InChI=1S/C13H15FN2O/c1-10-9-16(6-7-17-10)13(8-15)11-4-2-3-5-12(11)14/h2-5,10,13H,6-7,9H2,1H3. The Kier molecular flexibility index (Phi) is 3.72. The Bertz CT molecular complexity index is 430. The van der Waals surface area contributed by atoms with Crippen molar-refractivity contribution in [3.8, 4) is 6.07 Å². The minimum atomic E-state index is -0.525. The minimum Gasteiger partial charge on any atom is -0.376 e. The van der Waals surface area contributed by atoms with Crippen molar-refractivity contribution in [1.29, 1.82) is 5.26 Å². The molecule has 0 N–H and O–H groups in total. The summed E-state index contributed by atoms with van der Waals surface area (Å²) in [6.07, 6.45) is 0.0892. The van der Waals surface area contributed by atoms with Gasteiger partial charge >= 0.3 is 0 Å². The molecule has 1 heterocycles. The van der Waals surface area contributed by atoms with Crippen LogP contribution in [-0.2, 0) is 4.74 Å². The van der Waals surface area contributed by atoms with Gasteiger partial charge in [-0.2, -0.15) is 5.26 Å². The summed E-state index contributed by atoms with van der Waals surface area (Å²) >= 11 is 0. The summed E-state index contributed by atoms with van der Waals surface area (Å²) in [5, 5.41) is 9.24. The molecule has 1 fully saturated rings. The highest BCUT2D eigenvalue weighted by Crippen LogP contribution is 2.24. The monoisotopic (exact) mass is 234 g/mol. The fraction of sp³-hybridized carbons (Fsp3) is 0.462. The molecule has 90 valence electrons. The van der Waals surface area contributed by atoms with Crippen LogP contribution in [0.25, 0.3) is 0 Å². The van der Waals surface area contributed by atoms with Gasteiger partial charge < -0.3 is 4.74 Å². The first-order valence-electron chi connectivity index (χ1n) is 5.72. The minimum absolute atomic E-state index is 0.0892. The van der Waals surface area contributed by atoms with Gasteiger partial charge in [0.2, 0.25) is 0 Å². The number of hydrogen-bond donors (Lipinski definition) is 0. The maximum absolute atomic E-state index is 13.7. The van der Waals surface area contributed by atoms with Gasteiger partial charge in [0.15, 0.2) is 0 Å². The average Bonchev–Trinajstić information content (AvgIpc) is 2.33. The first-order valence-corrected chi connectivity index (χ1v) is 5.72. The molecule has 1 aromatic carbocycles. The van der Waals surface area contributed by atoms with Crippen molar-refractivity contribution in [2.75, 3.05) is 19.7 Å². The number of morpholine rings is 1. The van der Waals surface area contributed by atoms with Crippen LogP contribution in [0.15, 0.2) is 24.3 Å². The molecule has 1 aliphatic rings. The Balaban J connectivity index is 2.22. The van der Waals surface area contributed by atoms with E-state index in [-0.39, 0.29) is 11.9 Å². The predicted molar refractivity (Wildman–Crippen MR) is 61.7 cm³/mol. The van der Waals surface area contributed by atoms with E-state index in [0.29, 0.717) is 25.3 Å². The molecule has 17 heavy (non-hydrogen) atoms. The van der Waals surface area contributed by atoms with Crippen LogP contribution in [0, 0.1) is 17.1 Å². The molecule has 1 aromatic rings. The van der Waals surface area contributed by atoms with Crippen LogP contribution in [0.2, 0.25) is 0 Å². The van der Waals surface area contributed by atoms with Crippen LogP contribution in [0.4, 0.5) is 4.39 Å². The summed E-state index contributed by atoms with van der Waals surface area (Å²) in [7, 11) is 0. The number of halogens is 1. The average molecular weight is 234 g/mol. The SMILES string of the molecule is CC1CN(C(C#N)c2ccccc2F)CCO1. The number of nitrogens with zero attached hydrogens (tertiary/aromatic N) is 2. The van der Waals surface area contributed by atoms with E-state index in [0.717, 1.165) is 0 Å². The van der Waals surface area contributed by atoms with E-state index in [9.17, 15) is 9.65 Å². The Hall–Kier alpha value is -1.44. The second-order valence-corrected chi connectivity index (χ2v) is 4.23. The van der Waals surface area contributed by atoms with Crippen molar-refractivity contribution in [2.24, 2.45) is 0 Å². The van der Waals surface area contributed by atoms with Gasteiger partial charge in [0.25, 0.3) is 0 Å². The second-order valence-electron chi connectivity index (χ2n) is 4.23. The molecule has 1 aliphatic heterocycles. The lowest BCUT2D eigenvalue weighted by molar-refractivity contribution is -0.0272. The summed E-state index contributed by atoms with van der Waals surface area (Å²) < 4.78 is 19.1. The van der Waals surface area contributed by atoms with Crippen molar-refractivity contribution in [1.82, 2.24) is 4.90 Å². The van der Waals surface area contributed by atoms with Gasteiger partial charge in [0, 0.05) is 18.7 Å². The lowest BCUT2D eigenvalue weighted by Crippen LogP contribution is -2.42. The molecule has 0 aliphatic carbocycles. The maximum atomic E-state index is 13.7. The molecule has 2 rings (SSSR count). The Morgan fingerprint density at radius 2 is 2.29 bits per heavy atom. The van der Waals surface area contributed by atoms with E-state index in [1.54, 1.807) is 18.2 Å². The third-order valence-corrected chi connectivity index (χ3v) is 2.96. The number of hydrogen-bond acceptors (Lipinski definition) is 3. The third kappa shape index (κ3) is 2.63. The van der Waals surface area contributed by atoms with Crippen LogP contribution in [0.5, 0.6) is 0 Å². The van der Waals surface area contributed by atoms with Gasteiger partial charge in [0.1, 0.15) is 11.9 Å². The molecule has 2 unspecified atom stereocenters. The molecule has 0 saturated carbocycles. The van der Waals surface area contributed by atoms with Gasteiger partial charge in [-0.3, -0.25) is 4.90 Å². The summed E-state index contributed by atoms with van der Waals surface area (Å²) in [5.41, 5.74) is 0.448. The van der Waals surface area contributed by atoms with E-state index in [4.69, 9.17) is 4.74 Å². The zero-order valence-electron chi connectivity index (χ0n) is 9.77. The molecule has 0 aromatic heterocycles. The van der Waals surface area contributed by atoms with Crippen LogP contribution >= 0.6 is 0 Å². The number of nitriles is 1. The first-order chi connectivity index (χ1) is 8.22. The molecule has 3 nitrogen and oxygen atoms in total. The van der Waals surface area contributed by atoms with Crippen molar-refractivity contribution in [2.45, 2.75) is 19.1 Å². The third-order valence-electron chi connectivity index (χ3n) is 2.96. The number of rotatable bonds is 2. The molecular formula is C13H15FN2O. The smallest absolute Gasteiger partial charge is 0.129 e. The van der Waals surface area contributed by atoms with Gasteiger partial charge in [-0.25, -0.2) is 4.39 Å². The lowest BCUT2D eigenvalue weighted by atomic mass is 10.0. The molecular weight excluding hydrogens is 219 g/mol. The predicted octanol–water partition coefficient (Wildman–Crippen LogP) is 2.11. The highest BCUT2D eigenvalue weighted by Gasteiger charge is 2.26. The molecule has 0 radical (unpaired) electrons. The van der Waals surface area contributed by atoms with Gasteiger partial charge in [-0.15, -0.1) is 0 Å². The molecule has 1 saturated heterocycles. The molecule has 0 bridgehead atoms. The molecule has 4 heteroatoms. The highest BCUT2D eigenvalue weighted by atomic mass is 19.1. The Morgan fingerprint density at radius 3 is 2.94 bits per heavy atom. The number of ether oxygens (including phenoxy) is 1. The quantitative estimate of drug-likeness (QED) is 0.786. The van der Waals surface area contributed by atoms with Crippen LogP contribution in [0.1, 0.15) is 18.5 Å². The summed E-state index contributed by atoms with van der Waals surface area (Å²) in [4.78, 5) is 1.96. The molecule has 0 amide bonds. The summed E-state index contributed by atoms with van der Waals surface area (Å²) in [6, 6.07) is 8.11. The summed E-state index contributed by atoms with van der Waals surface area (Å²) in [6.45, 7) is 3.87. The molecule has 2 atom stereocenters. The molecule has 0 spiro atoms. The first kappa shape index (κ1) is 12.0. The van der Waals surface area contributed by atoms with Gasteiger partial charge in [0.05, 0.1) is 18.8 Å². The summed E-state index contributed by atoms with van der Waals surface area (Å²) in [5.74, 6) is -0.321. The van der Waals surface area contributed by atoms with E-state index < -0.39 is 6.04 Å². The van der Waals surface area contributed by atoms with E-state index in [1.165, 1.54) is 6.07 Å². The zero-order valence-corrected chi connectivity index (χ0v) is 9.77. The van der Waals surface area contributed by atoms with Crippen LogP contribution < -0.4 is 0 Å². The van der Waals surface area contributed by atoms with E-state index in [2.05, 4.69) is 6.07 Å². The van der Waals surface area contributed by atoms with Crippen LogP contribution in [0.3, 0.4) is 0 Å². The topological polar surface area (TPSA) is 36.3 Å². The largest absolute Gasteiger partial charge is 0.376 e.